The maximum atomic E-state index is 9.46. The van der Waals surface area contributed by atoms with E-state index in [0.717, 1.165) is 12.1 Å². The number of ketones is 1. The van der Waals surface area contributed by atoms with Crippen LogP contribution < -0.4 is 0 Å². The van der Waals surface area contributed by atoms with Gasteiger partial charge in [-0.2, -0.15) is 10.5 Å². The molecule has 0 spiro atoms. The van der Waals surface area contributed by atoms with Crippen molar-refractivity contribution in [3.05, 3.63) is 0 Å². The van der Waals surface area contributed by atoms with Crippen LogP contribution in [0, 0.1) is 22.7 Å². The fourth-order valence-electron chi connectivity index (χ4n) is 0.0250. The lowest BCUT2D eigenvalue weighted by molar-refractivity contribution is -0.109. The molecule has 0 aromatic carbocycles. The van der Waals surface area contributed by atoms with Gasteiger partial charge in [0.15, 0.2) is 12.1 Å². The average Bonchev–Trinajstić information content (AvgIpc) is 1.65. The minimum Gasteiger partial charge on any atom is -0.265 e. The second-order valence-corrected chi connectivity index (χ2v) is 0.553. The Morgan fingerprint density at radius 2 is 1.57 bits per heavy atom. The van der Waals surface area contributed by atoms with E-state index in [-0.39, 0.29) is 24.0 Å². The first kappa shape index (κ1) is 9.63. The summed E-state index contributed by atoms with van der Waals surface area (Å²) in [5, 5.41) is 15.0. The normalized spacial score (nSPS) is 4.29. The van der Waals surface area contributed by atoms with Gasteiger partial charge in [0.05, 0.1) is 0 Å². The Morgan fingerprint density at radius 1 is 1.29 bits per heavy atom. The molecule has 0 heterocycles. The molecule has 0 fully saturated rings. The fraction of sp³-hybridized carbons (Fsp3) is 0. The number of nitriles is 2. The van der Waals surface area contributed by atoms with E-state index in [1.165, 1.54) is 0 Å². The van der Waals surface area contributed by atoms with Crippen LogP contribution in [-0.2, 0) is 4.79 Å². The second-order valence-electron chi connectivity index (χ2n) is 0.553. The van der Waals surface area contributed by atoms with Gasteiger partial charge < -0.3 is 0 Å². The summed E-state index contributed by atoms with van der Waals surface area (Å²) in [4.78, 5) is 9.46. The summed E-state index contributed by atoms with van der Waals surface area (Å²) in [7, 11) is 0. The zero-order valence-electron chi connectivity index (χ0n) is 3.21. The number of carbonyl (C=O) groups excluding carboxylic acids is 1. The molecule has 0 aromatic heterocycles. The maximum absolute atomic E-state index is 9.46. The lowest BCUT2D eigenvalue weighted by Gasteiger charge is -1.50. The number of halogens is 1. The topological polar surface area (TPSA) is 64.7 Å². The van der Waals surface area contributed by atoms with E-state index >= 15 is 0 Å². The van der Waals surface area contributed by atoms with Crippen molar-refractivity contribution in [1.29, 1.82) is 10.5 Å². The van der Waals surface area contributed by atoms with Crippen LogP contribution in [0.5, 0.6) is 0 Å². The number of nitrogens with zero attached hydrogens (tertiary/aromatic N) is 2. The predicted molar refractivity (Wildman–Crippen MR) is 31.6 cm³/mol. The molecule has 0 N–H and O–H groups in total. The summed E-state index contributed by atoms with van der Waals surface area (Å²) < 4.78 is 0. The van der Waals surface area contributed by atoms with Crippen molar-refractivity contribution >= 4 is 29.8 Å². The third kappa shape index (κ3) is 5.38. The van der Waals surface area contributed by atoms with Crippen LogP contribution >= 0.6 is 24.0 Å². The highest BCUT2D eigenvalue weighted by Gasteiger charge is 1.86. The number of Topliss-reactive ketones (excluding diaryl/α,β-unsaturated/α-hetero) is 1. The molecule has 7 heavy (non-hydrogen) atoms. The first-order valence-corrected chi connectivity index (χ1v) is 1.15. The van der Waals surface area contributed by atoms with Crippen molar-refractivity contribution in [2.24, 2.45) is 0 Å². The largest absolute Gasteiger partial charge is 0.331 e. The Balaban J connectivity index is 0. The van der Waals surface area contributed by atoms with Gasteiger partial charge >= 0.3 is 5.78 Å². The molecule has 0 bridgehead atoms. The Labute approximate surface area is 57.6 Å². The molecule has 0 aliphatic heterocycles. The molecule has 0 aliphatic rings. The third-order valence-corrected chi connectivity index (χ3v) is 0.203. The van der Waals surface area contributed by atoms with E-state index in [4.69, 9.17) is 10.5 Å². The van der Waals surface area contributed by atoms with Crippen molar-refractivity contribution in [2.45, 2.75) is 0 Å². The van der Waals surface area contributed by atoms with E-state index in [1.54, 1.807) is 0 Å². The van der Waals surface area contributed by atoms with Gasteiger partial charge in [0, 0.05) is 0 Å². The van der Waals surface area contributed by atoms with Gasteiger partial charge in [0.2, 0.25) is 0 Å². The van der Waals surface area contributed by atoms with E-state index < -0.39 is 5.78 Å². The average molecular weight is 208 g/mol. The summed E-state index contributed by atoms with van der Waals surface area (Å²) in [5.41, 5.74) is 0. The van der Waals surface area contributed by atoms with Gasteiger partial charge in [-0.25, -0.2) is 0 Å². The molecule has 0 aliphatic carbocycles. The van der Waals surface area contributed by atoms with Crippen LogP contribution in [0.15, 0.2) is 0 Å². The molecule has 0 unspecified atom stereocenters. The third-order valence-electron chi connectivity index (χ3n) is 0.203. The molecule has 36 valence electrons. The molecule has 0 saturated carbocycles. The highest BCUT2D eigenvalue weighted by molar-refractivity contribution is 14.0. The minimum absolute atomic E-state index is 0. The predicted octanol–water partition coefficient (Wildman–Crippen LogP) is 0.221. The molecule has 0 atom stereocenters. The molecular weight excluding hydrogens is 207 g/mol. The molecule has 4 heteroatoms. The number of hydrogen-bond donors (Lipinski definition) is 0. The van der Waals surface area contributed by atoms with E-state index in [0.29, 0.717) is 0 Å². The highest BCUT2D eigenvalue weighted by atomic mass is 127. The minimum atomic E-state index is -1.05. The quantitative estimate of drug-likeness (QED) is 0.422. The van der Waals surface area contributed by atoms with Crippen LogP contribution in [0.3, 0.4) is 0 Å². The smallest absolute Gasteiger partial charge is 0.265 e. The standard InChI is InChI=1S/C3N2O.HI/c4-1-3(6)2-5;/h;1H. The number of carbonyl (C=O) groups is 1. The SMILES string of the molecule is I.N#CC(=O)C#N. The second kappa shape index (κ2) is 5.38. The van der Waals surface area contributed by atoms with Crippen LogP contribution in [0.25, 0.3) is 0 Å². The van der Waals surface area contributed by atoms with Gasteiger partial charge in [-0.1, -0.05) is 0 Å². The first-order valence-electron chi connectivity index (χ1n) is 1.15. The fourth-order valence-corrected chi connectivity index (χ4v) is 0.0250. The van der Waals surface area contributed by atoms with Crippen LogP contribution in [-0.4, -0.2) is 5.78 Å². The Kier molecular flexibility index (Phi) is 7.40. The van der Waals surface area contributed by atoms with Crippen molar-refractivity contribution in [2.75, 3.05) is 0 Å². The number of rotatable bonds is 0. The molecule has 3 nitrogen and oxygen atoms in total. The summed E-state index contributed by atoms with van der Waals surface area (Å²) >= 11 is 0. The van der Waals surface area contributed by atoms with Crippen molar-refractivity contribution < 1.29 is 4.79 Å². The first-order chi connectivity index (χ1) is 2.81. The monoisotopic (exact) mass is 208 g/mol. The number of hydrogen-bond acceptors (Lipinski definition) is 3. The summed E-state index contributed by atoms with van der Waals surface area (Å²) in [5.74, 6) is -1.05. The van der Waals surface area contributed by atoms with Gasteiger partial charge in [-0.05, 0) is 0 Å². The molecule has 0 saturated heterocycles. The van der Waals surface area contributed by atoms with Crippen molar-refractivity contribution in [3.63, 3.8) is 0 Å². The van der Waals surface area contributed by atoms with Gasteiger partial charge in [-0.15, -0.1) is 24.0 Å². The molecule has 0 radical (unpaired) electrons. The van der Waals surface area contributed by atoms with Crippen LogP contribution in [0.2, 0.25) is 0 Å². The van der Waals surface area contributed by atoms with E-state index in [9.17, 15) is 4.79 Å². The lowest BCUT2D eigenvalue weighted by atomic mass is 10.5. The van der Waals surface area contributed by atoms with Crippen LogP contribution in [0.1, 0.15) is 0 Å². The van der Waals surface area contributed by atoms with Gasteiger partial charge in [0.1, 0.15) is 0 Å². The van der Waals surface area contributed by atoms with Crippen LogP contribution in [0.4, 0.5) is 0 Å². The van der Waals surface area contributed by atoms with Gasteiger partial charge in [-0.3, -0.25) is 4.79 Å². The lowest BCUT2D eigenvalue weighted by Crippen LogP contribution is -1.81. The highest BCUT2D eigenvalue weighted by Crippen LogP contribution is 1.54. The van der Waals surface area contributed by atoms with E-state index in [2.05, 4.69) is 0 Å². The zero-order chi connectivity index (χ0) is 4.99. The Morgan fingerprint density at radius 3 is 1.57 bits per heavy atom. The van der Waals surface area contributed by atoms with Crippen molar-refractivity contribution in [1.82, 2.24) is 0 Å². The maximum Gasteiger partial charge on any atom is 0.331 e. The molecule has 0 aromatic rings. The Hall–Kier alpha value is -0.620. The molecule has 0 amide bonds. The molecular formula is C3HIN2O. The zero-order valence-corrected chi connectivity index (χ0v) is 5.54. The van der Waals surface area contributed by atoms with Gasteiger partial charge in [0.25, 0.3) is 0 Å². The molecule has 0 rings (SSSR count). The van der Waals surface area contributed by atoms with E-state index in [1.807, 2.05) is 0 Å². The summed E-state index contributed by atoms with van der Waals surface area (Å²) in [6.07, 6.45) is 0. The van der Waals surface area contributed by atoms with Crippen molar-refractivity contribution in [3.8, 4) is 12.1 Å². The summed E-state index contributed by atoms with van der Waals surface area (Å²) in [6.45, 7) is 0. The Bertz CT molecular complexity index is 124. The summed E-state index contributed by atoms with van der Waals surface area (Å²) in [6, 6.07) is 2.23.